The fourth-order valence-corrected chi connectivity index (χ4v) is 5.71. The first-order valence-electron chi connectivity index (χ1n) is 9.87. The van der Waals surface area contributed by atoms with Gasteiger partial charge in [-0.15, -0.1) is 0 Å². The van der Waals surface area contributed by atoms with Crippen LogP contribution in [0.25, 0.3) is 0 Å². The standard InChI is InChI=1S/C23H23Cl2NO3/c1-2-29-21(28)22(15-16-9-5-3-6-10-16)13-14-26(19-18(22)23(19,24)25)20(27)17-11-7-4-8-12-17/h3-12,18-19H,2,13-15H2,1H3/t18-,19+,22+/m1/s1. The fourth-order valence-electron chi connectivity index (χ4n) is 4.69. The first-order valence-corrected chi connectivity index (χ1v) is 10.6. The summed E-state index contributed by atoms with van der Waals surface area (Å²) >= 11 is 13.4. The van der Waals surface area contributed by atoms with Gasteiger partial charge in [-0.1, -0.05) is 71.7 Å². The molecule has 0 spiro atoms. The number of nitrogens with zero attached hydrogens (tertiary/aromatic N) is 1. The number of fused-ring (bicyclic) bond motifs is 1. The van der Waals surface area contributed by atoms with Crippen molar-refractivity contribution in [3.05, 3.63) is 71.8 Å². The molecule has 1 aliphatic heterocycles. The van der Waals surface area contributed by atoms with Gasteiger partial charge in [0.15, 0.2) is 0 Å². The van der Waals surface area contributed by atoms with E-state index in [1.807, 2.05) is 48.5 Å². The van der Waals surface area contributed by atoms with Gasteiger partial charge in [0.2, 0.25) is 0 Å². The minimum Gasteiger partial charge on any atom is -0.466 e. The molecule has 2 aromatic rings. The van der Waals surface area contributed by atoms with Crippen molar-refractivity contribution in [2.45, 2.75) is 30.1 Å². The lowest BCUT2D eigenvalue weighted by Crippen LogP contribution is -2.49. The van der Waals surface area contributed by atoms with Gasteiger partial charge in [0.25, 0.3) is 5.91 Å². The van der Waals surface area contributed by atoms with Crippen LogP contribution in [0, 0.1) is 11.3 Å². The second-order valence-electron chi connectivity index (χ2n) is 7.75. The molecule has 1 saturated carbocycles. The third kappa shape index (κ3) is 3.43. The number of carbonyl (C=O) groups is 2. The Bertz CT molecular complexity index is 903. The Morgan fingerprint density at radius 1 is 1.07 bits per heavy atom. The molecule has 2 aliphatic rings. The van der Waals surface area contributed by atoms with E-state index in [0.717, 1.165) is 5.56 Å². The number of halogens is 2. The number of piperidine rings is 1. The van der Waals surface area contributed by atoms with E-state index in [0.29, 0.717) is 24.9 Å². The van der Waals surface area contributed by atoms with E-state index in [2.05, 4.69) is 0 Å². The summed E-state index contributed by atoms with van der Waals surface area (Å²) in [7, 11) is 0. The molecule has 4 rings (SSSR count). The summed E-state index contributed by atoms with van der Waals surface area (Å²) in [4.78, 5) is 28.0. The van der Waals surface area contributed by atoms with Crippen LogP contribution >= 0.6 is 23.2 Å². The second kappa shape index (κ2) is 7.66. The van der Waals surface area contributed by atoms with E-state index in [-0.39, 0.29) is 24.4 Å². The van der Waals surface area contributed by atoms with Crippen LogP contribution in [0.15, 0.2) is 60.7 Å². The number of carbonyl (C=O) groups excluding carboxylic acids is 2. The number of alkyl halides is 2. The van der Waals surface area contributed by atoms with Crippen molar-refractivity contribution in [2.75, 3.05) is 13.2 Å². The third-order valence-electron chi connectivity index (χ3n) is 6.07. The summed E-state index contributed by atoms with van der Waals surface area (Å²) in [5.74, 6) is -0.770. The lowest BCUT2D eigenvalue weighted by Gasteiger charge is -2.39. The van der Waals surface area contributed by atoms with Crippen LogP contribution in [-0.2, 0) is 16.0 Å². The summed E-state index contributed by atoms with van der Waals surface area (Å²) < 4.78 is 4.29. The summed E-state index contributed by atoms with van der Waals surface area (Å²) in [5, 5.41) is 0. The molecule has 1 aliphatic carbocycles. The number of esters is 1. The zero-order valence-electron chi connectivity index (χ0n) is 16.2. The van der Waals surface area contributed by atoms with E-state index in [1.54, 1.807) is 24.0 Å². The molecule has 1 saturated heterocycles. The summed E-state index contributed by atoms with van der Waals surface area (Å²) in [6.07, 6.45) is 0.948. The third-order valence-corrected chi connectivity index (χ3v) is 6.99. The Morgan fingerprint density at radius 2 is 1.69 bits per heavy atom. The molecule has 0 N–H and O–H groups in total. The van der Waals surface area contributed by atoms with Gasteiger partial charge in [-0.2, -0.15) is 0 Å². The lowest BCUT2D eigenvalue weighted by molar-refractivity contribution is -0.159. The molecular weight excluding hydrogens is 409 g/mol. The van der Waals surface area contributed by atoms with E-state index in [9.17, 15) is 9.59 Å². The largest absolute Gasteiger partial charge is 0.466 e. The van der Waals surface area contributed by atoms with Gasteiger partial charge in [-0.25, -0.2) is 0 Å². The summed E-state index contributed by atoms with van der Waals surface area (Å²) in [6.45, 7) is 2.49. The zero-order chi connectivity index (χ0) is 20.6. The van der Waals surface area contributed by atoms with Crippen LogP contribution in [-0.4, -0.2) is 40.3 Å². The fraction of sp³-hybridized carbons (Fsp3) is 0.391. The lowest BCUT2D eigenvalue weighted by atomic mass is 9.72. The van der Waals surface area contributed by atoms with Gasteiger partial charge in [0.1, 0.15) is 4.33 Å². The van der Waals surface area contributed by atoms with Crippen molar-refractivity contribution >= 4 is 35.1 Å². The summed E-state index contributed by atoms with van der Waals surface area (Å²) in [5.41, 5.74) is 0.770. The smallest absolute Gasteiger partial charge is 0.312 e. The molecule has 0 bridgehead atoms. The highest BCUT2D eigenvalue weighted by molar-refractivity contribution is 6.52. The maximum atomic E-state index is 13.2. The Hall–Kier alpha value is -2.04. The second-order valence-corrected chi connectivity index (χ2v) is 9.19. The molecule has 0 radical (unpaired) electrons. The van der Waals surface area contributed by atoms with Gasteiger partial charge >= 0.3 is 5.97 Å². The molecule has 0 unspecified atom stereocenters. The quantitative estimate of drug-likeness (QED) is 0.517. The van der Waals surface area contributed by atoms with Crippen LogP contribution < -0.4 is 0 Å². The van der Waals surface area contributed by atoms with Crippen LogP contribution in [0.2, 0.25) is 0 Å². The number of rotatable bonds is 5. The Morgan fingerprint density at radius 3 is 2.31 bits per heavy atom. The van der Waals surface area contributed by atoms with Crippen molar-refractivity contribution in [2.24, 2.45) is 11.3 Å². The molecular formula is C23H23Cl2NO3. The van der Waals surface area contributed by atoms with Crippen molar-refractivity contribution in [1.82, 2.24) is 4.90 Å². The van der Waals surface area contributed by atoms with Crippen molar-refractivity contribution < 1.29 is 14.3 Å². The normalized spacial score (nSPS) is 27.1. The SMILES string of the molecule is CCOC(=O)[C@]1(Cc2ccccc2)CCN(C(=O)c2ccccc2)[C@H]2[C@H]1C2(Cl)Cl. The minimum absolute atomic E-state index is 0.110. The van der Waals surface area contributed by atoms with E-state index >= 15 is 0 Å². The molecule has 3 atom stereocenters. The van der Waals surface area contributed by atoms with Crippen LogP contribution in [0.3, 0.4) is 0 Å². The van der Waals surface area contributed by atoms with E-state index in [4.69, 9.17) is 27.9 Å². The highest BCUT2D eigenvalue weighted by Gasteiger charge is 2.77. The highest BCUT2D eigenvalue weighted by atomic mass is 35.5. The topological polar surface area (TPSA) is 46.6 Å². The summed E-state index contributed by atoms with van der Waals surface area (Å²) in [6, 6.07) is 18.5. The monoisotopic (exact) mass is 431 g/mol. The minimum atomic E-state index is -1.18. The van der Waals surface area contributed by atoms with Crippen molar-refractivity contribution in [3.63, 3.8) is 0 Å². The molecule has 0 aromatic heterocycles. The van der Waals surface area contributed by atoms with Crippen molar-refractivity contribution in [1.29, 1.82) is 0 Å². The molecule has 152 valence electrons. The predicted octanol–water partition coefficient (Wildman–Crippen LogP) is 4.50. The Balaban J connectivity index is 1.67. The average Bonchev–Trinajstić information content (AvgIpc) is 3.32. The van der Waals surface area contributed by atoms with Crippen LogP contribution in [0.5, 0.6) is 0 Å². The van der Waals surface area contributed by atoms with Crippen LogP contribution in [0.1, 0.15) is 29.3 Å². The van der Waals surface area contributed by atoms with Crippen molar-refractivity contribution in [3.8, 4) is 0 Å². The van der Waals surface area contributed by atoms with Gasteiger partial charge in [0, 0.05) is 18.0 Å². The first-order chi connectivity index (χ1) is 13.9. The number of hydrogen-bond donors (Lipinski definition) is 0. The molecule has 1 heterocycles. The highest BCUT2D eigenvalue weighted by Crippen LogP contribution is 2.68. The van der Waals surface area contributed by atoms with E-state index in [1.165, 1.54) is 0 Å². The molecule has 29 heavy (non-hydrogen) atoms. The maximum Gasteiger partial charge on any atom is 0.312 e. The molecule has 4 nitrogen and oxygen atoms in total. The molecule has 2 aromatic carbocycles. The van der Waals surface area contributed by atoms with Gasteiger partial charge in [-0.3, -0.25) is 9.59 Å². The van der Waals surface area contributed by atoms with E-state index < -0.39 is 15.8 Å². The maximum absolute atomic E-state index is 13.2. The molecule has 1 amide bonds. The van der Waals surface area contributed by atoms with Crippen LogP contribution in [0.4, 0.5) is 0 Å². The van der Waals surface area contributed by atoms with Gasteiger partial charge in [-0.05, 0) is 37.5 Å². The number of benzene rings is 2. The Labute approximate surface area is 180 Å². The Kier molecular flexibility index (Phi) is 5.34. The number of ether oxygens (including phenoxy) is 1. The number of likely N-dealkylation sites (tertiary alicyclic amines) is 1. The van der Waals surface area contributed by atoms with Gasteiger partial charge in [0.05, 0.1) is 18.1 Å². The average molecular weight is 432 g/mol. The molecule has 6 heteroatoms. The number of hydrogen-bond acceptors (Lipinski definition) is 3. The zero-order valence-corrected chi connectivity index (χ0v) is 17.7. The predicted molar refractivity (Wildman–Crippen MR) is 113 cm³/mol. The first kappa shape index (κ1) is 20.2. The number of amides is 1. The van der Waals surface area contributed by atoms with Gasteiger partial charge < -0.3 is 9.64 Å². The molecule has 2 fully saturated rings.